The molecule has 4 rings (SSSR count). The highest BCUT2D eigenvalue weighted by Crippen LogP contribution is 2.22. The summed E-state index contributed by atoms with van der Waals surface area (Å²) in [6, 6.07) is 7.46. The Balaban J connectivity index is 1.47. The molecule has 1 N–H and O–H groups in total. The van der Waals surface area contributed by atoms with Crippen molar-refractivity contribution in [2.45, 2.75) is 44.9 Å². The number of carbonyl (C=O) groups excluding carboxylic acids is 1. The molecule has 0 aliphatic carbocycles. The third-order valence-electron chi connectivity index (χ3n) is 6.01. The van der Waals surface area contributed by atoms with Crippen LogP contribution in [0.3, 0.4) is 0 Å². The van der Waals surface area contributed by atoms with E-state index >= 15 is 0 Å². The maximum Gasteiger partial charge on any atom is 0.263 e. The van der Waals surface area contributed by atoms with Gasteiger partial charge in [0.25, 0.3) is 5.56 Å². The van der Waals surface area contributed by atoms with E-state index in [4.69, 9.17) is 0 Å². The van der Waals surface area contributed by atoms with Gasteiger partial charge in [0.2, 0.25) is 11.7 Å². The summed E-state index contributed by atoms with van der Waals surface area (Å²) < 4.78 is 3.40. The van der Waals surface area contributed by atoms with Gasteiger partial charge >= 0.3 is 0 Å². The van der Waals surface area contributed by atoms with Crippen molar-refractivity contribution >= 4 is 34.3 Å². The molecule has 1 aliphatic rings. The van der Waals surface area contributed by atoms with Crippen LogP contribution in [0.4, 0.5) is 0 Å². The number of benzene rings is 1. The van der Waals surface area contributed by atoms with E-state index in [9.17, 15) is 9.59 Å². The molecular weight excluding hydrogens is 436 g/mol. The first-order valence-corrected chi connectivity index (χ1v) is 12.5. The van der Waals surface area contributed by atoms with E-state index in [1.807, 2.05) is 22.6 Å². The van der Waals surface area contributed by atoms with Gasteiger partial charge in [0, 0.05) is 32.2 Å². The number of nitrogens with zero attached hydrogens (tertiary/aromatic N) is 5. The lowest BCUT2D eigenvalue weighted by atomic mass is 9.92. The predicted molar refractivity (Wildman–Crippen MR) is 133 cm³/mol. The molecule has 3 aromatic rings. The van der Waals surface area contributed by atoms with Crippen LogP contribution in [0.25, 0.3) is 16.7 Å². The number of likely N-dealkylation sites (tertiary alicyclic amines) is 1. The summed E-state index contributed by atoms with van der Waals surface area (Å²) in [6.07, 6.45) is 2.94. The Hall–Kier alpha value is -2.65. The third-order valence-corrected chi connectivity index (χ3v) is 6.94. The molecular formula is C24H32N6O2S. The van der Waals surface area contributed by atoms with Crippen LogP contribution in [0, 0.1) is 11.8 Å². The molecule has 1 fully saturated rings. The molecule has 0 spiro atoms. The van der Waals surface area contributed by atoms with E-state index in [0.29, 0.717) is 34.7 Å². The zero-order chi connectivity index (χ0) is 23.5. The maximum absolute atomic E-state index is 12.9. The van der Waals surface area contributed by atoms with Crippen LogP contribution in [0.5, 0.6) is 0 Å². The molecule has 3 unspecified atom stereocenters. The van der Waals surface area contributed by atoms with Crippen molar-refractivity contribution < 1.29 is 4.79 Å². The number of thioether (sulfide) groups is 1. The fourth-order valence-electron chi connectivity index (χ4n) is 4.94. The minimum Gasteiger partial charge on any atom is -0.352 e. The molecule has 2 aromatic heterocycles. The fraction of sp³-hybridized carbons (Fsp3) is 0.500. The highest BCUT2D eigenvalue weighted by molar-refractivity contribution is 7.99. The first kappa shape index (κ1) is 23.5. The second-order valence-electron chi connectivity index (χ2n) is 9.26. The van der Waals surface area contributed by atoms with Gasteiger partial charge in [-0.2, -0.15) is 0 Å². The van der Waals surface area contributed by atoms with Crippen LogP contribution < -0.4 is 10.9 Å². The summed E-state index contributed by atoms with van der Waals surface area (Å²) in [5.41, 5.74) is 0.599. The molecule has 1 aromatic carbocycles. The number of piperidine rings is 1. The van der Waals surface area contributed by atoms with E-state index in [0.717, 1.165) is 25.2 Å². The Morgan fingerprint density at radius 2 is 2.00 bits per heavy atom. The van der Waals surface area contributed by atoms with Gasteiger partial charge < -0.3 is 10.2 Å². The topological polar surface area (TPSA) is 84.5 Å². The second-order valence-corrected chi connectivity index (χ2v) is 10.2. The monoisotopic (exact) mass is 468 g/mol. The number of para-hydroxylation sites is 1. The van der Waals surface area contributed by atoms with Gasteiger partial charge in [0.15, 0.2) is 5.16 Å². The van der Waals surface area contributed by atoms with Crippen molar-refractivity contribution in [3.05, 3.63) is 47.3 Å². The normalized spacial score (nSPS) is 20.2. The molecule has 9 heteroatoms. The molecule has 1 aliphatic heterocycles. The van der Waals surface area contributed by atoms with Gasteiger partial charge in [-0.15, -0.1) is 16.8 Å². The van der Waals surface area contributed by atoms with E-state index in [1.54, 1.807) is 16.7 Å². The van der Waals surface area contributed by atoms with E-state index in [1.165, 1.54) is 18.2 Å². The van der Waals surface area contributed by atoms with Crippen molar-refractivity contribution in [1.82, 2.24) is 29.4 Å². The van der Waals surface area contributed by atoms with Crippen molar-refractivity contribution in [2.75, 3.05) is 25.4 Å². The number of fused-ring (bicyclic) bond motifs is 3. The Labute approximate surface area is 198 Å². The maximum atomic E-state index is 12.9. The van der Waals surface area contributed by atoms with Gasteiger partial charge in [-0.3, -0.25) is 18.6 Å². The molecule has 0 saturated carbocycles. The largest absolute Gasteiger partial charge is 0.352 e. The van der Waals surface area contributed by atoms with Crippen molar-refractivity contribution in [1.29, 1.82) is 0 Å². The number of hydrogen-bond donors (Lipinski definition) is 1. The molecule has 1 amide bonds. The number of rotatable bonds is 8. The number of amides is 1. The lowest BCUT2D eigenvalue weighted by Crippen LogP contribution is -2.47. The number of aromatic nitrogens is 4. The number of allylic oxidation sites excluding steroid dienone is 1. The second kappa shape index (κ2) is 10.1. The van der Waals surface area contributed by atoms with Crippen LogP contribution >= 0.6 is 11.8 Å². The van der Waals surface area contributed by atoms with E-state index < -0.39 is 0 Å². The SMILES string of the molecule is C=CCn1c(=O)c2ccccc2n2c(SCC(=O)NC(C)CN3CC(C)CC(C)C3)nnc12. The molecule has 1 saturated heterocycles. The summed E-state index contributed by atoms with van der Waals surface area (Å²) in [5, 5.41) is 12.8. The highest BCUT2D eigenvalue weighted by Gasteiger charge is 2.23. The first-order valence-electron chi connectivity index (χ1n) is 11.5. The zero-order valence-corrected chi connectivity index (χ0v) is 20.3. The minimum atomic E-state index is -0.130. The Kier molecular flexibility index (Phi) is 7.19. The standard InChI is InChI=1S/C24H32N6O2S/c1-5-10-29-22(32)19-8-6-7-9-20(19)30-23(29)26-27-24(30)33-15-21(31)25-18(4)14-28-12-16(2)11-17(3)13-28/h5-9,16-18H,1,10-15H2,2-4H3,(H,25,31). The van der Waals surface area contributed by atoms with Gasteiger partial charge in [-0.25, -0.2) is 0 Å². The highest BCUT2D eigenvalue weighted by atomic mass is 32.2. The van der Waals surface area contributed by atoms with E-state index in [-0.39, 0.29) is 23.3 Å². The van der Waals surface area contributed by atoms with Gasteiger partial charge in [-0.1, -0.05) is 43.8 Å². The zero-order valence-electron chi connectivity index (χ0n) is 19.5. The average Bonchev–Trinajstić information content (AvgIpc) is 3.18. The van der Waals surface area contributed by atoms with Gasteiger partial charge in [-0.05, 0) is 37.3 Å². The van der Waals surface area contributed by atoms with Gasteiger partial charge in [0.05, 0.1) is 16.7 Å². The fourth-order valence-corrected chi connectivity index (χ4v) is 5.69. The first-order chi connectivity index (χ1) is 15.9. The minimum absolute atomic E-state index is 0.0360. The van der Waals surface area contributed by atoms with Gasteiger partial charge in [0.1, 0.15) is 0 Å². The van der Waals surface area contributed by atoms with Crippen LogP contribution in [-0.4, -0.2) is 61.4 Å². The molecule has 0 bridgehead atoms. The molecule has 3 atom stereocenters. The number of carbonyl (C=O) groups is 1. The van der Waals surface area contributed by atoms with E-state index in [2.05, 4.69) is 47.8 Å². The third kappa shape index (κ3) is 5.14. The Morgan fingerprint density at radius 3 is 2.73 bits per heavy atom. The summed E-state index contributed by atoms with van der Waals surface area (Å²) in [4.78, 5) is 28.0. The average molecular weight is 469 g/mol. The lowest BCUT2D eigenvalue weighted by Gasteiger charge is -2.36. The number of hydrogen-bond acceptors (Lipinski definition) is 6. The summed E-state index contributed by atoms with van der Waals surface area (Å²) in [6.45, 7) is 13.8. The summed E-state index contributed by atoms with van der Waals surface area (Å²) in [7, 11) is 0. The van der Waals surface area contributed by atoms with Crippen molar-refractivity contribution in [3.63, 3.8) is 0 Å². The lowest BCUT2D eigenvalue weighted by molar-refractivity contribution is -0.119. The van der Waals surface area contributed by atoms with Crippen LogP contribution in [0.15, 0.2) is 46.9 Å². The van der Waals surface area contributed by atoms with Crippen LogP contribution in [-0.2, 0) is 11.3 Å². The molecule has 0 radical (unpaired) electrons. The molecule has 176 valence electrons. The molecule has 8 nitrogen and oxygen atoms in total. The van der Waals surface area contributed by atoms with Crippen LogP contribution in [0.2, 0.25) is 0 Å². The Bertz CT molecular complexity index is 1210. The summed E-state index contributed by atoms with van der Waals surface area (Å²) >= 11 is 1.32. The quantitative estimate of drug-likeness (QED) is 0.404. The van der Waals surface area contributed by atoms with Crippen molar-refractivity contribution in [3.8, 4) is 0 Å². The predicted octanol–water partition coefficient (Wildman–Crippen LogP) is 2.80. The summed E-state index contributed by atoms with van der Waals surface area (Å²) in [5.74, 6) is 2.03. The number of nitrogens with one attached hydrogen (secondary N) is 1. The Morgan fingerprint density at radius 1 is 1.27 bits per heavy atom. The molecule has 33 heavy (non-hydrogen) atoms. The van der Waals surface area contributed by atoms with Crippen molar-refractivity contribution in [2.24, 2.45) is 11.8 Å². The molecule has 3 heterocycles. The smallest absolute Gasteiger partial charge is 0.263 e. The van der Waals surface area contributed by atoms with Crippen LogP contribution in [0.1, 0.15) is 27.2 Å².